The van der Waals surface area contributed by atoms with Crippen LogP contribution in [0.1, 0.15) is 61.3 Å². The highest BCUT2D eigenvalue weighted by atomic mass is 16.5. The summed E-state index contributed by atoms with van der Waals surface area (Å²) in [5.74, 6) is 0.142. The van der Waals surface area contributed by atoms with Gasteiger partial charge in [-0.25, -0.2) is 0 Å². The molecule has 0 bridgehead atoms. The lowest BCUT2D eigenvalue weighted by Crippen LogP contribution is -2.41. The molecule has 0 heterocycles. The van der Waals surface area contributed by atoms with E-state index in [0.29, 0.717) is 6.61 Å². The summed E-state index contributed by atoms with van der Waals surface area (Å²) >= 11 is 0. The van der Waals surface area contributed by atoms with Gasteiger partial charge in [-0.05, 0) is 51.7 Å². The van der Waals surface area contributed by atoms with Crippen molar-refractivity contribution in [1.29, 1.82) is 0 Å². The first kappa shape index (κ1) is 20.2. The summed E-state index contributed by atoms with van der Waals surface area (Å²) in [6.45, 7) is 6.15. The van der Waals surface area contributed by atoms with Gasteiger partial charge in [0.05, 0.1) is 6.61 Å². The number of phenolic OH excluding ortho intramolecular Hbond substituents is 2. The van der Waals surface area contributed by atoms with Crippen LogP contribution in [-0.2, 0) is 14.9 Å². The molecule has 1 atom stereocenters. The summed E-state index contributed by atoms with van der Waals surface area (Å²) in [6.07, 6.45) is 3.88. The fourth-order valence-electron chi connectivity index (χ4n) is 4.81. The fourth-order valence-corrected chi connectivity index (χ4v) is 4.81. The number of esters is 1. The third-order valence-corrected chi connectivity index (χ3v) is 6.05. The number of aromatic hydroxyl groups is 2. The number of carbonyl (C=O) groups excluding carboxylic acids is 1. The van der Waals surface area contributed by atoms with Crippen molar-refractivity contribution in [3.8, 4) is 11.5 Å². The van der Waals surface area contributed by atoms with Crippen LogP contribution in [0.5, 0.6) is 11.5 Å². The zero-order chi connectivity index (χ0) is 20.3. The van der Waals surface area contributed by atoms with Crippen molar-refractivity contribution in [2.45, 2.75) is 58.3 Å². The van der Waals surface area contributed by atoms with Gasteiger partial charge in [0, 0.05) is 23.0 Å². The largest absolute Gasteiger partial charge is 0.508 e. The van der Waals surface area contributed by atoms with E-state index in [2.05, 4.69) is 0 Å². The van der Waals surface area contributed by atoms with Crippen LogP contribution in [-0.4, -0.2) is 22.8 Å². The third-order valence-electron chi connectivity index (χ3n) is 6.05. The van der Waals surface area contributed by atoms with Gasteiger partial charge in [0.1, 0.15) is 11.5 Å². The Bertz CT molecular complexity index is 804. The van der Waals surface area contributed by atoms with Crippen molar-refractivity contribution >= 4 is 5.97 Å². The molecule has 4 heteroatoms. The normalized spacial score (nSPS) is 18.6. The first-order valence-electron chi connectivity index (χ1n) is 10.1. The van der Waals surface area contributed by atoms with Gasteiger partial charge in [-0.3, -0.25) is 4.79 Å². The van der Waals surface area contributed by atoms with Crippen molar-refractivity contribution in [3.05, 3.63) is 58.7 Å². The Morgan fingerprint density at radius 2 is 1.61 bits per heavy atom. The number of carbonyl (C=O) groups is 1. The summed E-state index contributed by atoms with van der Waals surface area (Å²) in [6, 6.07) is 11.2. The lowest BCUT2D eigenvalue weighted by atomic mass is 9.57. The lowest BCUT2D eigenvalue weighted by Gasteiger charge is -2.45. The molecule has 0 saturated heterocycles. The molecule has 0 radical (unpaired) electrons. The van der Waals surface area contributed by atoms with Crippen molar-refractivity contribution in [2.24, 2.45) is 5.92 Å². The first-order valence-corrected chi connectivity index (χ1v) is 10.1. The average Bonchev–Trinajstić information content (AvgIpc) is 2.66. The van der Waals surface area contributed by atoms with Crippen LogP contribution in [0, 0.1) is 19.8 Å². The second kappa shape index (κ2) is 8.26. The molecule has 4 nitrogen and oxygen atoms in total. The molecule has 1 unspecified atom stereocenters. The van der Waals surface area contributed by atoms with E-state index < -0.39 is 5.41 Å². The van der Waals surface area contributed by atoms with Crippen LogP contribution in [0.4, 0.5) is 0 Å². The average molecular weight is 383 g/mol. The predicted molar refractivity (Wildman–Crippen MR) is 110 cm³/mol. The molecular formula is C24H30O4. The zero-order valence-electron chi connectivity index (χ0n) is 17.0. The van der Waals surface area contributed by atoms with Crippen LogP contribution >= 0.6 is 0 Å². The molecule has 2 aromatic rings. The minimum Gasteiger partial charge on any atom is -0.508 e. The molecule has 2 N–H and O–H groups in total. The molecule has 3 rings (SSSR count). The van der Waals surface area contributed by atoms with Crippen molar-refractivity contribution in [3.63, 3.8) is 0 Å². The highest BCUT2D eigenvalue weighted by Gasteiger charge is 2.47. The molecule has 1 aliphatic carbocycles. The maximum absolute atomic E-state index is 12.4. The predicted octanol–water partition coefficient (Wildman–Crippen LogP) is 5.14. The van der Waals surface area contributed by atoms with Gasteiger partial charge in [-0.15, -0.1) is 0 Å². The van der Waals surface area contributed by atoms with Gasteiger partial charge in [0.15, 0.2) is 0 Å². The van der Waals surface area contributed by atoms with Crippen molar-refractivity contribution in [1.82, 2.24) is 0 Å². The van der Waals surface area contributed by atoms with E-state index in [1.807, 2.05) is 45.0 Å². The zero-order valence-corrected chi connectivity index (χ0v) is 17.0. The Kier molecular flexibility index (Phi) is 5.97. The number of phenols is 2. The standard InChI is InChI=1S/C24H30O4/c1-4-28-23(27)15-18-7-5-6-12-24(18,19-13-16(2)8-10-21(19)25)20-14-17(3)9-11-22(20)26/h8-11,13-14,18,25-26H,4-7,12,15H2,1-3H3. The SMILES string of the molecule is CCOC(=O)CC1CCCCC1(c1cc(C)ccc1O)c1cc(C)ccc1O. The molecule has 2 aromatic carbocycles. The summed E-state index contributed by atoms with van der Waals surface area (Å²) in [7, 11) is 0. The number of benzene rings is 2. The van der Waals surface area contributed by atoms with E-state index in [0.717, 1.165) is 47.9 Å². The van der Waals surface area contributed by atoms with Crippen LogP contribution < -0.4 is 0 Å². The number of ether oxygens (including phenoxy) is 1. The van der Waals surface area contributed by atoms with E-state index in [4.69, 9.17) is 4.74 Å². The second-order valence-electron chi connectivity index (χ2n) is 7.96. The number of aryl methyl sites for hydroxylation is 2. The lowest BCUT2D eigenvalue weighted by molar-refractivity contribution is -0.145. The maximum atomic E-state index is 12.4. The van der Waals surface area contributed by atoms with Crippen LogP contribution in [0.3, 0.4) is 0 Å². The highest BCUT2D eigenvalue weighted by molar-refractivity contribution is 5.70. The molecule has 1 fully saturated rings. The number of hydrogen-bond donors (Lipinski definition) is 2. The van der Waals surface area contributed by atoms with Gasteiger partial charge in [-0.2, -0.15) is 0 Å². The quantitative estimate of drug-likeness (QED) is 0.702. The van der Waals surface area contributed by atoms with E-state index in [9.17, 15) is 15.0 Å². The summed E-state index contributed by atoms with van der Waals surface area (Å²) in [4.78, 5) is 12.4. The topological polar surface area (TPSA) is 66.8 Å². The van der Waals surface area contributed by atoms with Gasteiger partial charge in [0.2, 0.25) is 0 Å². The fraction of sp³-hybridized carbons (Fsp3) is 0.458. The number of rotatable bonds is 5. The Morgan fingerprint density at radius 3 is 2.14 bits per heavy atom. The van der Waals surface area contributed by atoms with Gasteiger partial charge in [0.25, 0.3) is 0 Å². The molecule has 1 saturated carbocycles. The maximum Gasteiger partial charge on any atom is 0.306 e. The molecule has 0 aromatic heterocycles. The molecule has 0 aliphatic heterocycles. The summed E-state index contributed by atoms with van der Waals surface area (Å²) < 4.78 is 5.25. The molecule has 1 aliphatic rings. The van der Waals surface area contributed by atoms with Crippen molar-refractivity contribution in [2.75, 3.05) is 6.61 Å². The highest BCUT2D eigenvalue weighted by Crippen LogP contribution is 2.54. The Hall–Kier alpha value is -2.49. The van der Waals surface area contributed by atoms with Crippen LogP contribution in [0.15, 0.2) is 36.4 Å². The van der Waals surface area contributed by atoms with E-state index >= 15 is 0 Å². The smallest absolute Gasteiger partial charge is 0.306 e. The Morgan fingerprint density at radius 1 is 1.04 bits per heavy atom. The minimum absolute atomic E-state index is 0.0549. The Balaban J connectivity index is 2.24. The summed E-state index contributed by atoms with van der Waals surface area (Å²) in [5, 5.41) is 21.7. The minimum atomic E-state index is -0.628. The Labute approximate surface area is 167 Å². The van der Waals surface area contributed by atoms with Crippen LogP contribution in [0.25, 0.3) is 0 Å². The van der Waals surface area contributed by atoms with Gasteiger partial charge >= 0.3 is 5.97 Å². The van der Waals surface area contributed by atoms with Gasteiger partial charge in [-0.1, -0.05) is 48.2 Å². The summed E-state index contributed by atoms with van der Waals surface area (Å²) in [5.41, 5.74) is 3.04. The first-order chi connectivity index (χ1) is 13.4. The number of hydrogen-bond acceptors (Lipinski definition) is 4. The van der Waals surface area contributed by atoms with E-state index in [1.54, 1.807) is 12.1 Å². The van der Waals surface area contributed by atoms with Gasteiger partial charge < -0.3 is 14.9 Å². The van der Waals surface area contributed by atoms with E-state index in [-0.39, 0.29) is 29.8 Å². The van der Waals surface area contributed by atoms with Crippen molar-refractivity contribution < 1.29 is 19.7 Å². The molecule has 0 amide bonds. The van der Waals surface area contributed by atoms with E-state index in [1.165, 1.54) is 0 Å². The second-order valence-corrected chi connectivity index (χ2v) is 7.96. The monoisotopic (exact) mass is 382 g/mol. The molecule has 28 heavy (non-hydrogen) atoms. The molecule has 150 valence electrons. The molecular weight excluding hydrogens is 352 g/mol. The third kappa shape index (κ3) is 3.73. The van der Waals surface area contributed by atoms with Crippen LogP contribution in [0.2, 0.25) is 0 Å². The molecule has 0 spiro atoms.